The SMILES string of the molecule is O=C(O)c1cc(SCCSc2ccccc2F)cs1. The predicted molar refractivity (Wildman–Crippen MR) is 79.1 cm³/mol. The summed E-state index contributed by atoms with van der Waals surface area (Å²) in [6.07, 6.45) is 0. The van der Waals surface area contributed by atoms with Crippen molar-refractivity contribution in [3.63, 3.8) is 0 Å². The van der Waals surface area contributed by atoms with Crippen molar-refractivity contribution in [1.29, 1.82) is 0 Å². The average molecular weight is 314 g/mol. The van der Waals surface area contributed by atoms with Gasteiger partial charge in [0.1, 0.15) is 10.7 Å². The van der Waals surface area contributed by atoms with Crippen molar-refractivity contribution in [2.24, 2.45) is 0 Å². The van der Waals surface area contributed by atoms with Gasteiger partial charge >= 0.3 is 5.97 Å². The molecule has 1 N–H and O–H groups in total. The van der Waals surface area contributed by atoms with Gasteiger partial charge in [0, 0.05) is 26.7 Å². The molecule has 6 heteroatoms. The molecule has 0 aliphatic rings. The van der Waals surface area contributed by atoms with Crippen LogP contribution in [-0.2, 0) is 0 Å². The molecule has 1 aromatic heterocycles. The molecule has 0 aliphatic heterocycles. The molecule has 1 heterocycles. The molecular weight excluding hydrogens is 303 g/mol. The molecule has 0 saturated heterocycles. The maximum atomic E-state index is 13.3. The van der Waals surface area contributed by atoms with Crippen molar-refractivity contribution in [3.05, 3.63) is 46.4 Å². The van der Waals surface area contributed by atoms with Crippen LogP contribution in [0.25, 0.3) is 0 Å². The van der Waals surface area contributed by atoms with Crippen LogP contribution in [0.15, 0.2) is 45.5 Å². The Labute approximate surface area is 123 Å². The van der Waals surface area contributed by atoms with Crippen molar-refractivity contribution in [1.82, 2.24) is 0 Å². The summed E-state index contributed by atoms with van der Waals surface area (Å²) in [5.41, 5.74) is 0. The lowest BCUT2D eigenvalue weighted by molar-refractivity contribution is 0.0702. The van der Waals surface area contributed by atoms with E-state index in [1.54, 1.807) is 30.0 Å². The van der Waals surface area contributed by atoms with Crippen LogP contribution >= 0.6 is 34.9 Å². The Morgan fingerprint density at radius 1 is 1.26 bits per heavy atom. The Balaban J connectivity index is 1.77. The molecule has 0 bridgehead atoms. The van der Waals surface area contributed by atoms with E-state index in [0.29, 0.717) is 9.77 Å². The summed E-state index contributed by atoms with van der Waals surface area (Å²) in [5.74, 6) is 0.511. The number of hydrogen-bond donors (Lipinski definition) is 1. The van der Waals surface area contributed by atoms with Gasteiger partial charge in [-0.1, -0.05) is 12.1 Å². The van der Waals surface area contributed by atoms with Crippen LogP contribution in [0.5, 0.6) is 0 Å². The van der Waals surface area contributed by atoms with E-state index in [4.69, 9.17) is 5.11 Å². The highest BCUT2D eigenvalue weighted by Crippen LogP contribution is 2.27. The first-order valence-corrected chi connectivity index (χ1v) is 8.34. The Morgan fingerprint density at radius 2 is 2.00 bits per heavy atom. The second-order valence-corrected chi connectivity index (χ2v) is 6.80. The lowest BCUT2D eigenvalue weighted by Crippen LogP contribution is -1.90. The summed E-state index contributed by atoms with van der Waals surface area (Å²) in [6.45, 7) is 0. The third-order valence-electron chi connectivity index (χ3n) is 2.23. The van der Waals surface area contributed by atoms with E-state index in [1.165, 1.54) is 29.2 Å². The molecular formula is C13H11FO2S3. The highest BCUT2D eigenvalue weighted by molar-refractivity contribution is 8.03. The first kappa shape index (κ1) is 14.4. The summed E-state index contributed by atoms with van der Waals surface area (Å²) >= 11 is 4.29. The monoisotopic (exact) mass is 314 g/mol. The highest BCUT2D eigenvalue weighted by atomic mass is 32.2. The molecule has 0 spiro atoms. The van der Waals surface area contributed by atoms with Crippen molar-refractivity contribution in [3.8, 4) is 0 Å². The smallest absolute Gasteiger partial charge is 0.345 e. The molecule has 0 amide bonds. The van der Waals surface area contributed by atoms with Gasteiger partial charge in [-0.15, -0.1) is 34.9 Å². The summed E-state index contributed by atoms with van der Waals surface area (Å²) in [4.78, 5) is 12.7. The van der Waals surface area contributed by atoms with Crippen molar-refractivity contribution in [2.75, 3.05) is 11.5 Å². The molecule has 2 rings (SSSR count). The largest absolute Gasteiger partial charge is 0.477 e. The number of carbonyl (C=O) groups is 1. The average Bonchev–Trinajstić information content (AvgIpc) is 2.85. The summed E-state index contributed by atoms with van der Waals surface area (Å²) in [7, 11) is 0. The van der Waals surface area contributed by atoms with Gasteiger partial charge in [-0.2, -0.15) is 0 Å². The number of halogens is 1. The second kappa shape index (κ2) is 6.98. The topological polar surface area (TPSA) is 37.3 Å². The van der Waals surface area contributed by atoms with Crippen LogP contribution in [0.2, 0.25) is 0 Å². The third-order valence-corrected chi connectivity index (χ3v) is 5.59. The molecule has 19 heavy (non-hydrogen) atoms. The zero-order valence-corrected chi connectivity index (χ0v) is 12.3. The van der Waals surface area contributed by atoms with Crippen molar-refractivity contribution in [2.45, 2.75) is 9.79 Å². The maximum absolute atomic E-state index is 13.3. The normalized spacial score (nSPS) is 10.6. The highest BCUT2D eigenvalue weighted by Gasteiger charge is 2.07. The Hall–Kier alpha value is -0.980. The van der Waals surface area contributed by atoms with Gasteiger partial charge in [0.25, 0.3) is 0 Å². The van der Waals surface area contributed by atoms with Crippen LogP contribution in [0.3, 0.4) is 0 Å². The lowest BCUT2D eigenvalue weighted by atomic mass is 10.3. The number of rotatable bonds is 6. The minimum atomic E-state index is -0.891. The number of thioether (sulfide) groups is 2. The number of carboxylic acids is 1. The fraction of sp³-hybridized carbons (Fsp3) is 0.154. The molecule has 1 aromatic carbocycles. The van der Waals surface area contributed by atoms with E-state index < -0.39 is 5.97 Å². The van der Waals surface area contributed by atoms with Crippen LogP contribution in [0.1, 0.15) is 9.67 Å². The number of benzene rings is 1. The second-order valence-electron chi connectivity index (χ2n) is 3.58. The lowest BCUT2D eigenvalue weighted by Gasteiger charge is -2.02. The summed E-state index contributed by atoms with van der Waals surface area (Å²) < 4.78 is 13.3. The van der Waals surface area contributed by atoms with Gasteiger partial charge < -0.3 is 5.11 Å². The van der Waals surface area contributed by atoms with E-state index >= 15 is 0 Å². The summed E-state index contributed by atoms with van der Waals surface area (Å²) in [5, 5.41) is 10.6. The van der Waals surface area contributed by atoms with Gasteiger partial charge in [0.2, 0.25) is 0 Å². The van der Waals surface area contributed by atoms with E-state index in [2.05, 4.69) is 0 Å². The summed E-state index contributed by atoms with van der Waals surface area (Å²) in [6, 6.07) is 8.38. The maximum Gasteiger partial charge on any atom is 0.345 e. The van der Waals surface area contributed by atoms with Gasteiger partial charge in [0.15, 0.2) is 0 Å². The standard InChI is InChI=1S/C13H11FO2S3/c14-10-3-1-2-4-11(10)18-6-5-17-9-7-12(13(15)16)19-8-9/h1-4,7-8H,5-6H2,(H,15,16). The fourth-order valence-electron chi connectivity index (χ4n) is 1.38. The molecule has 0 aliphatic carbocycles. The minimum absolute atomic E-state index is 0.193. The van der Waals surface area contributed by atoms with Crippen LogP contribution in [-0.4, -0.2) is 22.6 Å². The number of thiophene rings is 1. The molecule has 2 aromatic rings. The van der Waals surface area contributed by atoms with Gasteiger partial charge in [-0.3, -0.25) is 0 Å². The van der Waals surface area contributed by atoms with E-state index in [9.17, 15) is 9.18 Å². The Bertz CT molecular complexity index is 569. The predicted octanol–water partition coefficient (Wildman–Crippen LogP) is 4.47. The zero-order chi connectivity index (χ0) is 13.7. The van der Waals surface area contributed by atoms with E-state index in [0.717, 1.165) is 16.4 Å². The first-order valence-electron chi connectivity index (χ1n) is 5.49. The molecule has 0 radical (unpaired) electrons. The molecule has 0 atom stereocenters. The number of carboxylic acid groups (broad SMARTS) is 1. The third kappa shape index (κ3) is 4.26. The van der Waals surface area contributed by atoms with Crippen LogP contribution in [0, 0.1) is 5.82 Å². The molecule has 0 unspecified atom stereocenters. The number of hydrogen-bond acceptors (Lipinski definition) is 4. The Kier molecular flexibility index (Phi) is 5.30. The van der Waals surface area contributed by atoms with Gasteiger partial charge in [-0.25, -0.2) is 9.18 Å². The van der Waals surface area contributed by atoms with Crippen LogP contribution < -0.4 is 0 Å². The van der Waals surface area contributed by atoms with E-state index in [1.807, 2.05) is 11.4 Å². The quantitative estimate of drug-likeness (QED) is 0.630. The van der Waals surface area contributed by atoms with E-state index in [-0.39, 0.29) is 5.82 Å². The van der Waals surface area contributed by atoms with Crippen molar-refractivity contribution < 1.29 is 14.3 Å². The fourth-order valence-corrected chi connectivity index (χ4v) is 4.18. The Morgan fingerprint density at radius 3 is 2.68 bits per heavy atom. The van der Waals surface area contributed by atoms with Crippen molar-refractivity contribution >= 4 is 40.8 Å². The van der Waals surface area contributed by atoms with Gasteiger partial charge in [-0.05, 0) is 18.2 Å². The zero-order valence-electron chi connectivity index (χ0n) is 9.84. The van der Waals surface area contributed by atoms with Gasteiger partial charge in [0.05, 0.1) is 0 Å². The van der Waals surface area contributed by atoms with Crippen LogP contribution in [0.4, 0.5) is 4.39 Å². The molecule has 0 fully saturated rings. The molecule has 0 saturated carbocycles. The molecule has 2 nitrogen and oxygen atoms in total. The minimum Gasteiger partial charge on any atom is -0.477 e. The molecule has 100 valence electrons. The number of aromatic carboxylic acids is 1. The first-order chi connectivity index (χ1) is 9.16.